The first kappa shape index (κ1) is 37.5. The van der Waals surface area contributed by atoms with Gasteiger partial charge in [-0.1, -0.05) is 111 Å². The van der Waals surface area contributed by atoms with Crippen LogP contribution in [0.3, 0.4) is 0 Å². The summed E-state index contributed by atoms with van der Waals surface area (Å²) in [4.78, 5) is 49.7. The Labute approximate surface area is 264 Å². The summed E-state index contributed by atoms with van der Waals surface area (Å²) in [5.74, 6) is -2.30. The first-order chi connectivity index (χ1) is 21.3. The van der Waals surface area contributed by atoms with Crippen LogP contribution in [0.5, 0.6) is 0 Å². The van der Waals surface area contributed by atoms with Crippen molar-refractivity contribution in [1.29, 1.82) is 0 Å². The van der Waals surface area contributed by atoms with Crippen LogP contribution in [-0.4, -0.2) is 67.3 Å². The Bertz CT molecular complexity index is 966. The van der Waals surface area contributed by atoms with E-state index in [0.717, 1.165) is 19.3 Å². The first-order valence-electron chi connectivity index (χ1n) is 17.1. The van der Waals surface area contributed by atoms with Gasteiger partial charge in [-0.15, -0.1) is 0 Å². The zero-order valence-electron chi connectivity index (χ0n) is 27.5. The van der Waals surface area contributed by atoms with Gasteiger partial charge in [0.05, 0.1) is 6.61 Å². The monoisotopic (exact) mass is 618 g/mol. The smallest absolute Gasteiger partial charge is 0.323 e. The minimum atomic E-state index is -1.34. The number of nitrogens with one attached hydrogen (secondary N) is 2. The Morgan fingerprint density at radius 3 is 2.07 bits per heavy atom. The number of hydrogen-bond acceptors (Lipinski definition) is 10. The number of fused-ring (bicyclic) bond motifs is 1. The second kappa shape index (κ2) is 21.9. The molecule has 11 heteroatoms. The quantitative estimate of drug-likeness (QED) is 0.0871. The minimum Gasteiger partial charge on any atom is -0.465 e. The fourth-order valence-electron chi connectivity index (χ4n) is 5.12. The third kappa shape index (κ3) is 14.9. The van der Waals surface area contributed by atoms with Crippen LogP contribution in [0.1, 0.15) is 136 Å². The molecular formula is C33H58N6O5. The lowest BCUT2D eigenvalue weighted by molar-refractivity contribution is -0.147. The van der Waals surface area contributed by atoms with E-state index in [0.29, 0.717) is 25.8 Å². The molecule has 0 aromatic carbocycles. The predicted molar refractivity (Wildman–Crippen MR) is 176 cm³/mol. The minimum absolute atomic E-state index is 0.00616. The highest BCUT2D eigenvalue weighted by Gasteiger charge is 2.41. The Morgan fingerprint density at radius 1 is 0.886 bits per heavy atom. The molecule has 4 N–H and O–H groups in total. The molecule has 0 aromatic rings. The lowest BCUT2D eigenvalue weighted by Crippen LogP contribution is -2.65. The van der Waals surface area contributed by atoms with Gasteiger partial charge in [-0.2, -0.15) is 0 Å². The second-order valence-corrected chi connectivity index (χ2v) is 12.4. The van der Waals surface area contributed by atoms with Crippen molar-refractivity contribution in [2.45, 2.75) is 148 Å². The van der Waals surface area contributed by atoms with E-state index in [1.165, 1.54) is 83.4 Å². The number of hydrogen-bond donors (Lipinski definition) is 3. The zero-order chi connectivity index (χ0) is 32.0. The highest BCUT2D eigenvalue weighted by atomic mass is 16.5. The SMILES string of the molecule is CCCCCCCCCCCCCCCCCC(=O)OCC1(NCCCCOC(=O)[C@@H](N)C(C)C)N=C2N=CN=C2C(=O)N1. The van der Waals surface area contributed by atoms with Gasteiger partial charge in [0.15, 0.2) is 11.5 Å². The molecule has 250 valence electrons. The summed E-state index contributed by atoms with van der Waals surface area (Å²) >= 11 is 0. The van der Waals surface area contributed by atoms with Gasteiger partial charge < -0.3 is 20.5 Å². The number of rotatable bonds is 26. The summed E-state index contributed by atoms with van der Waals surface area (Å²) < 4.78 is 10.8. The van der Waals surface area contributed by atoms with Crippen molar-refractivity contribution < 1.29 is 23.9 Å². The molecule has 2 heterocycles. The molecule has 0 spiro atoms. The number of nitrogens with two attached hydrogens (primary N) is 1. The van der Waals surface area contributed by atoms with E-state index >= 15 is 0 Å². The second-order valence-electron chi connectivity index (χ2n) is 12.4. The molecule has 0 saturated heterocycles. The number of carbonyl (C=O) groups is 3. The van der Waals surface area contributed by atoms with E-state index < -0.39 is 23.7 Å². The Morgan fingerprint density at radius 2 is 1.48 bits per heavy atom. The molecule has 0 bridgehead atoms. The first-order valence-corrected chi connectivity index (χ1v) is 17.1. The molecule has 11 nitrogen and oxygen atoms in total. The molecule has 0 saturated carbocycles. The van der Waals surface area contributed by atoms with Crippen molar-refractivity contribution in [3.63, 3.8) is 0 Å². The number of amides is 1. The van der Waals surface area contributed by atoms with Crippen molar-refractivity contribution in [2.75, 3.05) is 19.8 Å². The van der Waals surface area contributed by atoms with Crippen LogP contribution >= 0.6 is 0 Å². The van der Waals surface area contributed by atoms with Crippen molar-refractivity contribution >= 4 is 35.7 Å². The van der Waals surface area contributed by atoms with Crippen LogP contribution in [0.15, 0.2) is 15.0 Å². The Hall–Kier alpha value is -2.66. The number of unbranched alkanes of at least 4 members (excludes halogenated alkanes) is 15. The molecule has 2 atom stereocenters. The van der Waals surface area contributed by atoms with Crippen molar-refractivity contribution in [3.05, 3.63) is 0 Å². The molecule has 1 amide bonds. The number of ether oxygens (including phenoxy) is 2. The van der Waals surface area contributed by atoms with Gasteiger partial charge in [0.2, 0.25) is 5.79 Å². The van der Waals surface area contributed by atoms with E-state index in [9.17, 15) is 14.4 Å². The van der Waals surface area contributed by atoms with Crippen molar-refractivity contribution in [1.82, 2.24) is 10.6 Å². The number of amidine groups is 1. The third-order valence-electron chi connectivity index (χ3n) is 8.06. The van der Waals surface area contributed by atoms with Crippen LogP contribution in [-0.2, 0) is 23.9 Å². The molecule has 44 heavy (non-hydrogen) atoms. The Kier molecular flexibility index (Phi) is 18.7. The number of nitrogens with zero attached hydrogens (tertiary/aromatic N) is 3. The van der Waals surface area contributed by atoms with Gasteiger partial charge >= 0.3 is 11.9 Å². The van der Waals surface area contributed by atoms with Gasteiger partial charge in [0.25, 0.3) is 5.91 Å². The lowest BCUT2D eigenvalue weighted by Gasteiger charge is -2.34. The maximum Gasteiger partial charge on any atom is 0.323 e. The van der Waals surface area contributed by atoms with Gasteiger partial charge in [-0.05, 0) is 31.7 Å². The van der Waals surface area contributed by atoms with Gasteiger partial charge in [0, 0.05) is 6.42 Å². The predicted octanol–water partition coefficient (Wildman–Crippen LogP) is 5.35. The molecule has 0 aromatic heterocycles. The van der Waals surface area contributed by atoms with Gasteiger partial charge in [-0.3, -0.25) is 19.7 Å². The molecule has 2 rings (SSSR count). The Balaban J connectivity index is 1.62. The molecule has 0 fully saturated rings. The maximum absolute atomic E-state index is 12.6. The topological polar surface area (TPSA) is 157 Å². The van der Waals surface area contributed by atoms with E-state index in [-0.39, 0.29) is 36.6 Å². The lowest BCUT2D eigenvalue weighted by atomic mass is 10.0. The number of aliphatic imine (C=N–C) groups is 3. The van der Waals surface area contributed by atoms with E-state index in [1.54, 1.807) is 0 Å². The zero-order valence-corrected chi connectivity index (χ0v) is 27.5. The third-order valence-corrected chi connectivity index (χ3v) is 8.06. The summed E-state index contributed by atoms with van der Waals surface area (Å²) in [5.41, 5.74) is 5.96. The average Bonchev–Trinajstić information content (AvgIpc) is 3.48. The molecular weight excluding hydrogens is 560 g/mol. The molecule has 2 aliphatic rings. The van der Waals surface area contributed by atoms with Crippen LogP contribution in [0.25, 0.3) is 0 Å². The standard InChI is InChI=1S/C33H58N6O5/c1-4-5-6-7-8-9-10-11-12-13-14-15-16-17-18-21-27(40)44-24-33(38-30-29(31(41)39-33)35-25-36-30)37-22-19-20-23-43-32(42)28(34)26(2)3/h25-26,28,37H,4-24,34H2,1-3H3,(H,39,41)/t28-,33?/m0/s1. The fourth-order valence-corrected chi connectivity index (χ4v) is 5.12. The van der Waals surface area contributed by atoms with Crippen LogP contribution in [0, 0.1) is 5.92 Å². The van der Waals surface area contributed by atoms with Crippen molar-refractivity contribution in [2.24, 2.45) is 26.6 Å². The summed E-state index contributed by atoms with van der Waals surface area (Å²) in [7, 11) is 0. The van der Waals surface area contributed by atoms with E-state index in [4.69, 9.17) is 15.2 Å². The van der Waals surface area contributed by atoms with Gasteiger partial charge in [-0.25, -0.2) is 15.0 Å². The summed E-state index contributed by atoms with van der Waals surface area (Å²) in [5, 5.41) is 5.98. The number of esters is 2. The van der Waals surface area contributed by atoms with Crippen LogP contribution in [0.4, 0.5) is 0 Å². The molecule has 0 aliphatic carbocycles. The number of carbonyl (C=O) groups excluding carboxylic acids is 3. The maximum atomic E-state index is 12.6. The highest BCUT2D eigenvalue weighted by molar-refractivity contribution is 6.69. The van der Waals surface area contributed by atoms with E-state index in [1.807, 2.05) is 13.8 Å². The van der Waals surface area contributed by atoms with Gasteiger partial charge in [0.1, 0.15) is 19.0 Å². The highest BCUT2D eigenvalue weighted by Crippen LogP contribution is 2.16. The summed E-state index contributed by atoms with van der Waals surface area (Å²) in [6.45, 7) is 6.50. The molecule has 2 aliphatic heterocycles. The summed E-state index contributed by atoms with van der Waals surface area (Å²) in [6, 6.07) is -0.642. The van der Waals surface area contributed by atoms with Crippen molar-refractivity contribution in [3.8, 4) is 0 Å². The largest absolute Gasteiger partial charge is 0.465 e. The van der Waals surface area contributed by atoms with Crippen LogP contribution in [0.2, 0.25) is 0 Å². The van der Waals surface area contributed by atoms with Crippen LogP contribution < -0.4 is 16.4 Å². The molecule has 1 unspecified atom stereocenters. The fraction of sp³-hybridized carbons (Fsp3) is 0.818. The van der Waals surface area contributed by atoms with E-state index in [2.05, 4.69) is 32.5 Å². The molecule has 0 radical (unpaired) electrons. The summed E-state index contributed by atoms with van der Waals surface area (Å²) in [6.07, 6.45) is 21.8. The normalized spacial score (nSPS) is 18.1. The average molecular weight is 619 g/mol.